The summed E-state index contributed by atoms with van der Waals surface area (Å²) in [5, 5.41) is 2.85. The van der Waals surface area contributed by atoms with Crippen LogP contribution in [-0.4, -0.2) is 24.2 Å². The van der Waals surface area contributed by atoms with Crippen LogP contribution in [0.4, 0.5) is 0 Å². The van der Waals surface area contributed by atoms with Gasteiger partial charge in [-0.3, -0.25) is 9.79 Å². The largest absolute Gasteiger partial charge is 0.348 e. The Morgan fingerprint density at radius 3 is 2.92 bits per heavy atom. The summed E-state index contributed by atoms with van der Waals surface area (Å²) in [4.78, 5) is 15.7. The predicted molar refractivity (Wildman–Crippen MR) is 49.3 cm³/mol. The highest BCUT2D eigenvalue weighted by molar-refractivity contribution is 6.21. The highest BCUT2D eigenvalue weighted by atomic mass is 16.1. The summed E-state index contributed by atoms with van der Waals surface area (Å²) in [7, 11) is 0. The number of rotatable bonds is 0. The topological polar surface area (TPSA) is 41.5 Å². The third kappa shape index (κ3) is 1.72. The van der Waals surface area contributed by atoms with Crippen molar-refractivity contribution < 1.29 is 4.79 Å². The van der Waals surface area contributed by atoms with Gasteiger partial charge in [-0.2, -0.15) is 0 Å². The zero-order valence-corrected chi connectivity index (χ0v) is 7.72. The van der Waals surface area contributed by atoms with E-state index in [0.717, 1.165) is 5.71 Å². The Balaban J connectivity index is 2.94. The van der Waals surface area contributed by atoms with Gasteiger partial charge in [0.1, 0.15) is 0 Å². The van der Waals surface area contributed by atoms with Crippen LogP contribution in [0.2, 0.25) is 0 Å². The van der Waals surface area contributed by atoms with Crippen LogP contribution in [0.25, 0.3) is 0 Å². The lowest BCUT2D eigenvalue weighted by atomic mass is 10.1. The molecule has 0 aliphatic carbocycles. The van der Waals surface area contributed by atoms with Gasteiger partial charge in [0.2, 0.25) is 0 Å². The van der Waals surface area contributed by atoms with Crippen LogP contribution in [0, 0.1) is 0 Å². The van der Waals surface area contributed by atoms with Crippen LogP contribution in [0.15, 0.2) is 16.6 Å². The first kappa shape index (κ1) is 8.97. The molecule has 1 rings (SSSR count). The van der Waals surface area contributed by atoms with Crippen molar-refractivity contribution in [1.82, 2.24) is 5.32 Å². The van der Waals surface area contributed by atoms with E-state index in [1.54, 1.807) is 6.08 Å². The van der Waals surface area contributed by atoms with Gasteiger partial charge in [0, 0.05) is 11.8 Å². The molecule has 0 radical (unpaired) electrons. The van der Waals surface area contributed by atoms with E-state index < -0.39 is 0 Å². The Morgan fingerprint density at radius 1 is 1.67 bits per heavy atom. The van der Waals surface area contributed by atoms with Crippen molar-refractivity contribution in [3.05, 3.63) is 11.6 Å². The molecule has 0 bridgehead atoms. The number of amides is 1. The lowest BCUT2D eigenvalue weighted by Gasteiger charge is -2.07. The van der Waals surface area contributed by atoms with Crippen LogP contribution < -0.4 is 5.32 Å². The second kappa shape index (κ2) is 3.52. The van der Waals surface area contributed by atoms with Crippen LogP contribution in [0.3, 0.4) is 0 Å². The maximum Gasteiger partial charge on any atom is 0.253 e. The number of nitrogens with one attached hydrogen (secondary N) is 1. The minimum Gasteiger partial charge on any atom is -0.348 e. The minimum absolute atomic E-state index is 0.0104. The highest BCUT2D eigenvalue weighted by Crippen LogP contribution is 2.04. The van der Waals surface area contributed by atoms with Crippen LogP contribution >= 0.6 is 0 Å². The van der Waals surface area contributed by atoms with Crippen LogP contribution in [-0.2, 0) is 4.79 Å². The number of hydrogen-bond acceptors (Lipinski definition) is 2. The highest BCUT2D eigenvalue weighted by Gasteiger charge is 2.17. The number of aliphatic imine (C=N–C) groups is 1. The Kier molecular flexibility index (Phi) is 2.63. The molecule has 12 heavy (non-hydrogen) atoms. The molecule has 1 aliphatic rings. The van der Waals surface area contributed by atoms with E-state index in [-0.39, 0.29) is 11.9 Å². The molecule has 1 atom stereocenters. The van der Waals surface area contributed by atoms with Gasteiger partial charge >= 0.3 is 0 Å². The van der Waals surface area contributed by atoms with Gasteiger partial charge in [0.15, 0.2) is 0 Å². The molecule has 0 aromatic rings. The molecule has 0 saturated heterocycles. The summed E-state index contributed by atoms with van der Waals surface area (Å²) in [6.45, 7) is 6.35. The molecule has 0 fully saturated rings. The number of carbonyl (C=O) groups is 1. The molecule has 1 amide bonds. The van der Waals surface area contributed by atoms with Crippen LogP contribution in [0.1, 0.15) is 20.8 Å². The van der Waals surface area contributed by atoms with Gasteiger partial charge < -0.3 is 5.32 Å². The van der Waals surface area contributed by atoms with E-state index >= 15 is 0 Å². The smallest absolute Gasteiger partial charge is 0.253 e. The van der Waals surface area contributed by atoms with Gasteiger partial charge in [-0.25, -0.2) is 0 Å². The summed E-state index contributed by atoms with van der Waals surface area (Å²) in [5.41, 5.74) is 1.53. The minimum atomic E-state index is -0.0104. The molecule has 1 unspecified atom stereocenters. The van der Waals surface area contributed by atoms with Gasteiger partial charge in [-0.15, -0.1) is 0 Å². The molecule has 1 heterocycles. The average Bonchev–Trinajstić information content (AvgIpc) is 2.12. The molecule has 1 aliphatic heterocycles. The molecule has 66 valence electrons. The van der Waals surface area contributed by atoms with E-state index in [1.165, 1.54) is 0 Å². The van der Waals surface area contributed by atoms with Crippen LogP contribution in [0.5, 0.6) is 0 Å². The third-order valence-corrected chi connectivity index (χ3v) is 1.90. The fraction of sp³-hybridized carbons (Fsp3) is 0.556. The maximum atomic E-state index is 11.4. The van der Waals surface area contributed by atoms with E-state index in [9.17, 15) is 4.79 Å². The zero-order valence-electron chi connectivity index (χ0n) is 7.72. The molecular formula is C9H14N2O. The molecular weight excluding hydrogens is 152 g/mol. The van der Waals surface area contributed by atoms with Crippen molar-refractivity contribution in [3.8, 4) is 0 Å². The van der Waals surface area contributed by atoms with Gasteiger partial charge in [0.25, 0.3) is 5.91 Å². The van der Waals surface area contributed by atoms with Gasteiger partial charge in [-0.1, -0.05) is 6.08 Å². The summed E-state index contributed by atoms with van der Waals surface area (Å²) >= 11 is 0. The van der Waals surface area contributed by atoms with Crippen molar-refractivity contribution in [2.24, 2.45) is 4.99 Å². The molecule has 3 heteroatoms. The molecule has 0 spiro atoms. The van der Waals surface area contributed by atoms with Crippen molar-refractivity contribution in [1.29, 1.82) is 0 Å². The zero-order chi connectivity index (χ0) is 9.14. The van der Waals surface area contributed by atoms with Crippen molar-refractivity contribution in [2.75, 3.05) is 6.54 Å². The van der Waals surface area contributed by atoms with E-state index in [4.69, 9.17) is 0 Å². The maximum absolute atomic E-state index is 11.4. The van der Waals surface area contributed by atoms with Gasteiger partial charge in [-0.05, 0) is 20.8 Å². The SMILES string of the molecule is C/C=C1/C(=O)NC(C)CN=C1C. The first-order valence-corrected chi connectivity index (χ1v) is 4.13. The fourth-order valence-electron chi connectivity index (χ4n) is 1.21. The standard InChI is InChI=1S/C9H14N2O/c1-4-8-7(3)10-5-6(2)11-9(8)12/h4,6H,5H2,1-3H3,(H,11,12)/b8-4+. The number of carbonyl (C=O) groups excluding carboxylic acids is 1. The normalized spacial score (nSPS) is 27.9. The quantitative estimate of drug-likeness (QED) is 0.534. The molecule has 0 aromatic carbocycles. The van der Waals surface area contributed by atoms with Crippen molar-refractivity contribution >= 4 is 11.6 Å². The van der Waals surface area contributed by atoms with E-state index in [2.05, 4.69) is 10.3 Å². The predicted octanol–water partition coefficient (Wildman–Crippen LogP) is 0.912. The Labute approximate surface area is 72.6 Å². The second-order valence-electron chi connectivity index (χ2n) is 3.00. The lowest BCUT2D eigenvalue weighted by Crippen LogP contribution is -2.34. The Morgan fingerprint density at radius 2 is 2.33 bits per heavy atom. The monoisotopic (exact) mass is 166 g/mol. The first-order valence-electron chi connectivity index (χ1n) is 4.13. The number of allylic oxidation sites excluding steroid dienone is 1. The summed E-state index contributed by atoms with van der Waals surface area (Å²) in [6, 6.07) is 0.143. The molecule has 1 N–H and O–H groups in total. The average molecular weight is 166 g/mol. The molecule has 0 aromatic heterocycles. The summed E-state index contributed by atoms with van der Waals surface area (Å²) in [5.74, 6) is -0.0104. The Hall–Kier alpha value is -1.12. The molecule has 0 saturated carbocycles. The number of nitrogens with zero attached hydrogens (tertiary/aromatic N) is 1. The lowest BCUT2D eigenvalue weighted by molar-refractivity contribution is -0.117. The van der Waals surface area contributed by atoms with E-state index in [0.29, 0.717) is 12.1 Å². The third-order valence-electron chi connectivity index (χ3n) is 1.90. The summed E-state index contributed by atoms with van der Waals surface area (Å²) in [6.07, 6.45) is 1.80. The van der Waals surface area contributed by atoms with Gasteiger partial charge in [0.05, 0.1) is 12.1 Å². The number of hydrogen-bond donors (Lipinski definition) is 1. The Bertz CT molecular complexity index is 253. The fourth-order valence-corrected chi connectivity index (χ4v) is 1.21. The first-order chi connectivity index (χ1) is 5.65. The summed E-state index contributed by atoms with van der Waals surface area (Å²) < 4.78 is 0. The van der Waals surface area contributed by atoms with E-state index in [1.807, 2.05) is 20.8 Å². The van der Waals surface area contributed by atoms with Crippen molar-refractivity contribution in [3.63, 3.8) is 0 Å². The molecule has 3 nitrogen and oxygen atoms in total. The second-order valence-corrected chi connectivity index (χ2v) is 3.00. The van der Waals surface area contributed by atoms with Crippen molar-refractivity contribution in [2.45, 2.75) is 26.8 Å².